The van der Waals surface area contributed by atoms with Gasteiger partial charge in [0, 0.05) is 46.2 Å². The molecule has 0 aliphatic carbocycles. The molecule has 16 heteroatoms. The van der Waals surface area contributed by atoms with Gasteiger partial charge in [0.1, 0.15) is 37.0 Å². The van der Waals surface area contributed by atoms with Crippen LogP contribution >= 0.6 is 0 Å². The summed E-state index contributed by atoms with van der Waals surface area (Å²) in [5.41, 5.74) is 5.81. The molecule has 7 rings (SSSR count). The van der Waals surface area contributed by atoms with Gasteiger partial charge < -0.3 is 52.9 Å². The number of piperidine rings is 1. The first kappa shape index (κ1) is 47.7. The van der Waals surface area contributed by atoms with Gasteiger partial charge in [0.2, 0.25) is 0 Å². The van der Waals surface area contributed by atoms with Gasteiger partial charge >= 0.3 is 6.18 Å². The highest BCUT2D eigenvalue weighted by Gasteiger charge is 2.30. The van der Waals surface area contributed by atoms with Crippen LogP contribution in [0.3, 0.4) is 0 Å². The highest BCUT2D eigenvalue weighted by molar-refractivity contribution is 5.94. The molecule has 350 valence electrons. The van der Waals surface area contributed by atoms with E-state index in [2.05, 4.69) is 39.6 Å². The molecular weight excluding hydrogens is 854 g/mol. The minimum atomic E-state index is -4.39. The van der Waals surface area contributed by atoms with Gasteiger partial charge in [-0.3, -0.25) is 4.79 Å². The standard InChI is InChI=1S/C50H57F3N6O7/c1-36-49(37(2)66-56-36)39-12-17-48(60)58(34-39)33-38-7-4-9-44(31-38)65-30-28-63-26-24-61-23-25-62-27-29-64-43-15-13-40(14-16-43)54-20-6-8-42-32-45-46(55-41-18-21-57(3)22-19-41)10-5-11-47(45)59(42)35-50(51,52)53/h4-5,7,9-17,31-32,34,41,54-55H,18-30,33,35H2,1-3H3. The zero-order valence-corrected chi connectivity index (χ0v) is 37.6. The molecule has 13 nitrogen and oxygen atoms in total. The average molecular weight is 911 g/mol. The number of halogens is 3. The number of rotatable bonds is 22. The number of aromatic nitrogens is 3. The molecule has 0 saturated carbocycles. The second-order valence-electron chi connectivity index (χ2n) is 16.1. The van der Waals surface area contributed by atoms with E-state index in [1.165, 1.54) is 4.57 Å². The normalized spacial score (nSPS) is 13.4. The minimum Gasteiger partial charge on any atom is -0.491 e. The zero-order valence-electron chi connectivity index (χ0n) is 37.6. The molecule has 0 unspecified atom stereocenters. The molecule has 66 heavy (non-hydrogen) atoms. The smallest absolute Gasteiger partial charge is 0.406 e. The van der Waals surface area contributed by atoms with Crippen molar-refractivity contribution >= 4 is 22.3 Å². The zero-order chi connectivity index (χ0) is 46.3. The SMILES string of the molecule is Cc1noc(C)c1-c1ccc(=O)n(Cc2cccc(OCCOCCOCCOCCOc3ccc(NCC#Cc4cc5c(NC6CCN(C)CC6)cccc5n4CC(F)(F)F)cc3)c2)c1. The lowest BCUT2D eigenvalue weighted by Crippen LogP contribution is -2.36. The number of benzene rings is 3. The Labute approximate surface area is 382 Å². The van der Waals surface area contributed by atoms with Gasteiger partial charge in [0.05, 0.1) is 69.6 Å². The third-order valence-corrected chi connectivity index (χ3v) is 11.1. The summed E-state index contributed by atoms with van der Waals surface area (Å²) in [6.45, 7) is 8.38. The van der Waals surface area contributed by atoms with Crippen LogP contribution in [0.4, 0.5) is 24.5 Å². The Bertz CT molecular complexity index is 2590. The van der Waals surface area contributed by atoms with Crippen LogP contribution in [0.25, 0.3) is 22.0 Å². The number of hydrogen-bond acceptors (Lipinski definition) is 11. The summed E-state index contributed by atoms with van der Waals surface area (Å²) in [4.78, 5) is 14.9. The van der Waals surface area contributed by atoms with E-state index in [9.17, 15) is 18.0 Å². The van der Waals surface area contributed by atoms with Crippen LogP contribution in [0.15, 0.2) is 100 Å². The molecule has 1 aliphatic rings. The van der Waals surface area contributed by atoms with Gasteiger partial charge in [-0.1, -0.05) is 29.3 Å². The number of fused-ring (bicyclic) bond motifs is 1. The number of pyridine rings is 1. The Morgan fingerprint density at radius 1 is 0.818 bits per heavy atom. The van der Waals surface area contributed by atoms with Crippen molar-refractivity contribution in [1.82, 2.24) is 19.2 Å². The second-order valence-corrected chi connectivity index (χ2v) is 16.1. The van der Waals surface area contributed by atoms with Crippen molar-refractivity contribution in [2.45, 2.75) is 52.0 Å². The van der Waals surface area contributed by atoms with Gasteiger partial charge in [-0.05, 0) is 119 Å². The summed E-state index contributed by atoms with van der Waals surface area (Å²) in [5.74, 6) is 8.05. The van der Waals surface area contributed by atoms with Crippen molar-refractivity contribution < 1.29 is 41.4 Å². The lowest BCUT2D eigenvalue weighted by Gasteiger charge is -2.30. The summed E-state index contributed by atoms with van der Waals surface area (Å²) in [7, 11) is 2.09. The van der Waals surface area contributed by atoms with E-state index < -0.39 is 12.7 Å². The van der Waals surface area contributed by atoms with E-state index in [0.29, 0.717) is 87.9 Å². The fourth-order valence-electron chi connectivity index (χ4n) is 7.79. The van der Waals surface area contributed by atoms with Crippen LogP contribution in [0, 0.1) is 25.7 Å². The maximum atomic E-state index is 13.7. The number of anilines is 2. The van der Waals surface area contributed by atoms with Gasteiger partial charge in [-0.25, -0.2) is 0 Å². The predicted molar refractivity (Wildman–Crippen MR) is 249 cm³/mol. The molecule has 1 aliphatic heterocycles. The van der Waals surface area contributed by atoms with Crippen LogP contribution in [-0.4, -0.2) is 111 Å². The first-order valence-corrected chi connectivity index (χ1v) is 22.2. The molecule has 0 atom stereocenters. The lowest BCUT2D eigenvalue weighted by atomic mass is 10.0. The third kappa shape index (κ3) is 13.9. The Morgan fingerprint density at radius 3 is 2.18 bits per heavy atom. The predicted octanol–water partition coefficient (Wildman–Crippen LogP) is 8.16. The topological polar surface area (TPSA) is 126 Å². The van der Waals surface area contributed by atoms with Crippen LogP contribution in [0.2, 0.25) is 0 Å². The Morgan fingerprint density at radius 2 is 1.50 bits per heavy atom. The molecule has 3 aromatic heterocycles. The van der Waals surface area contributed by atoms with Crippen LogP contribution < -0.4 is 25.7 Å². The van der Waals surface area contributed by atoms with E-state index in [1.807, 2.05) is 74.6 Å². The number of aryl methyl sites for hydroxylation is 2. The number of ether oxygens (including phenoxy) is 5. The highest BCUT2D eigenvalue weighted by atomic mass is 19.4. The first-order chi connectivity index (χ1) is 32.0. The molecule has 4 heterocycles. The van der Waals surface area contributed by atoms with Crippen molar-refractivity contribution in [2.24, 2.45) is 0 Å². The summed E-state index contributed by atoms with van der Waals surface area (Å²) in [6, 6.07) is 25.8. The fraction of sp³-hybridized carbons (Fsp3) is 0.400. The van der Waals surface area contributed by atoms with Crippen molar-refractivity contribution in [2.75, 3.05) is 90.2 Å². The quantitative estimate of drug-likeness (QED) is 0.0507. The molecule has 2 N–H and O–H groups in total. The maximum Gasteiger partial charge on any atom is 0.406 e. The van der Waals surface area contributed by atoms with Gasteiger partial charge in [-0.15, -0.1) is 0 Å². The van der Waals surface area contributed by atoms with Crippen LogP contribution in [-0.2, 0) is 27.3 Å². The number of hydrogen-bond donors (Lipinski definition) is 2. The average Bonchev–Trinajstić information content (AvgIpc) is 3.82. The van der Waals surface area contributed by atoms with E-state index >= 15 is 0 Å². The van der Waals surface area contributed by atoms with E-state index in [1.54, 1.807) is 34.9 Å². The van der Waals surface area contributed by atoms with Crippen molar-refractivity contribution in [1.29, 1.82) is 0 Å². The fourth-order valence-corrected chi connectivity index (χ4v) is 7.79. The summed E-state index contributed by atoms with van der Waals surface area (Å²) in [6.07, 6.45) is -0.620. The van der Waals surface area contributed by atoms with Gasteiger partial charge in [0.25, 0.3) is 5.56 Å². The molecule has 0 bridgehead atoms. The van der Waals surface area contributed by atoms with E-state index in [4.69, 9.17) is 28.2 Å². The number of nitrogens with one attached hydrogen (secondary N) is 2. The third-order valence-electron chi connectivity index (χ3n) is 11.1. The number of likely N-dealkylation sites (tertiary alicyclic amines) is 1. The molecule has 6 aromatic rings. The molecule has 0 amide bonds. The monoisotopic (exact) mass is 910 g/mol. The van der Waals surface area contributed by atoms with Gasteiger partial charge in [-0.2, -0.15) is 13.2 Å². The summed E-state index contributed by atoms with van der Waals surface area (Å²) in [5, 5.41) is 11.5. The van der Waals surface area contributed by atoms with Gasteiger partial charge in [0.15, 0.2) is 0 Å². The van der Waals surface area contributed by atoms with Crippen molar-refractivity contribution in [3.8, 4) is 34.5 Å². The lowest BCUT2D eigenvalue weighted by molar-refractivity contribution is -0.140. The summed E-state index contributed by atoms with van der Waals surface area (Å²) < 4.78 is 77.8. The Kier molecular flexibility index (Phi) is 16.8. The number of alkyl halides is 3. The van der Waals surface area contributed by atoms with E-state index in [-0.39, 0.29) is 18.1 Å². The summed E-state index contributed by atoms with van der Waals surface area (Å²) >= 11 is 0. The van der Waals surface area contributed by atoms with E-state index in [0.717, 1.165) is 65.1 Å². The minimum absolute atomic E-state index is 0.105. The molecular formula is C50H57F3N6O7. The highest BCUT2D eigenvalue weighted by Crippen LogP contribution is 2.32. The molecule has 0 radical (unpaired) electrons. The number of nitrogens with zero attached hydrogens (tertiary/aromatic N) is 4. The largest absolute Gasteiger partial charge is 0.491 e. The first-order valence-electron chi connectivity index (χ1n) is 22.2. The molecule has 3 aromatic carbocycles. The van der Waals surface area contributed by atoms with Crippen LogP contribution in [0.5, 0.6) is 11.5 Å². The van der Waals surface area contributed by atoms with Crippen molar-refractivity contribution in [3.05, 3.63) is 124 Å². The molecule has 0 spiro atoms. The maximum absolute atomic E-state index is 13.7. The Balaban J connectivity index is 0.739. The Hall–Kier alpha value is -6.25. The second kappa shape index (κ2) is 23.3. The van der Waals surface area contributed by atoms with Crippen molar-refractivity contribution in [3.63, 3.8) is 0 Å². The molecule has 1 saturated heterocycles. The molecule has 1 fully saturated rings. The van der Waals surface area contributed by atoms with Crippen LogP contribution in [0.1, 0.15) is 35.6 Å².